The maximum atomic E-state index is 12.2. The van der Waals surface area contributed by atoms with Gasteiger partial charge in [-0.05, 0) is 45.2 Å². The molecule has 0 aliphatic rings. The van der Waals surface area contributed by atoms with Crippen molar-refractivity contribution >= 4 is 33.1 Å². The third kappa shape index (κ3) is 3.80. The molecule has 0 unspecified atom stereocenters. The van der Waals surface area contributed by atoms with E-state index in [4.69, 9.17) is 0 Å². The van der Waals surface area contributed by atoms with Crippen molar-refractivity contribution in [3.05, 3.63) is 59.1 Å². The molecule has 5 heteroatoms. The van der Waals surface area contributed by atoms with Gasteiger partial charge in [-0.3, -0.25) is 9.69 Å². The first-order valence-electron chi connectivity index (χ1n) is 7.95. The first kappa shape index (κ1) is 16.6. The van der Waals surface area contributed by atoms with Gasteiger partial charge in [0.05, 0.1) is 22.8 Å². The van der Waals surface area contributed by atoms with Crippen molar-refractivity contribution < 1.29 is 4.79 Å². The van der Waals surface area contributed by atoms with Gasteiger partial charge in [-0.2, -0.15) is 0 Å². The summed E-state index contributed by atoms with van der Waals surface area (Å²) >= 11 is 1.68. The van der Waals surface area contributed by atoms with E-state index in [9.17, 15) is 4.79 Å². The Kier molecular flexibility index (Phi) is 4.92. The highest BCUT2D eigenvalue weighted by Gasteiger charge is 2.18. The zero-order valence-electron chi connectivity index (χ0n) is 14.1. The maximum absolute atomic E-state index is 12.2. The number of thiazole rings is 1. The van der Waals surface area contributed by atoms with Gasteiger partial charge in [-0.1, -0.05) is 29.8 Å². The van der Waals surface area contributed by atoms with Crippen LogP contribution in [0.4, 0.5) is 5.69 Å². The van der Waals surface area contributed by atoms with Crippen LogP contribution in [-0.4, -0.2) is 29.4 Å². The molecule has 2 aromatic carbocycles. The first-order valence-corrected chi connectivity index (χ1v) is 8.77. The number of nitrogens with one attached hydrogen (secondary N) is 1. The summed E-state index contributed by atoms with van der Waals surface area (Å²) < 4.78 is 1.18. The van der Waals surface area contributed by atoms with Gasteiger partial charge in [0, 0.05) is 5.69 Å². The number of benzene rings is 2. The summed E-state index contributed by atoms with van der Waals surface area (Å²) in [6.45, 7) is 4.43. The average molecular weight is 339 g/mol. The lowest BCUT2D eigenvalue weighted by Gasteiger charge is -2.22. The number of aryl methyl sites for hydroxylation is 1. The average Bonchev–Trinajstić information content (AvgIpc) is 3.00. The Hall–Kier alpha value is -2.24. The van der Waals surface area contributed by atoms with Crippen molar-refractivity contribution in [2.45, 2.75) is 19.9 Å². The van der Waals surface area contributed by atoms with Crippen LogP contribution < -0.4 is 5.32 Å². The predicted octanol–water partition coefficient (Wildman–Crippen LogP) is 4.24. The minimum Gasteiger partial charge on any atom is -0.325 e. The Morgan fingerprint density at radius 3 is 2.62 bits per heavy atom. The van der Waals surface area contributed by atoms with Crippen LogP contribution >= 0.6 is 11.3 Å². The van der Waals surface area contributed by atoms with Crippen molar-refractivity contribution in [3.8, 4) is 0 Å². The quantitative estimate of drug-likeness (QED) is 0.756. The number of likely N-dealkylation sites (N-methyl/N-ethyl adjacent to an activating group) is 1. The minimum absolute atomic E-state index is 0.0192. The van der Waals surface area contributed by atoms with E-state index in [0.29, 0.717) is 6.54 Å². The molecule has 1 heterocycles. The molecule has 0 saturated carbocycles. The highest BCUT2D eigenvalue weighted by molar-refractivity contribution is 7.18. The number of aromatic nitrogens is 1. The van der Waals surface area contributed by atoms with Gasteiger partial charge in [0.1, 0.15) is 5.01 Å². The second-order valence-electron chi connectivity index (χ2n) is 6.03. The Bertz CT molecular complexity index is 808. The highest BCUT2D eigenvalue weighted by Crippen LogP contribution is 2.28. The smallest absolute Gasteiger partial charge is 0.238 e. The summed E-state index contributed by atoms with van der Waals surface area (Å²) in [5.74, 6) is -0.0192. The van der Waals surface area contributed by atoms with Crippen molar-refractivity contribution in [2.24, 2.45) is 0 Å². The molecule has 3 aromatic rings. The number of hydrogen-bond acceptors (Lipinski definition) is 4. The Labute approximate surface area is 146 Å². The van der Waals surface area contributed by atoms with Gasteiger partial charge >= 0.3 is 0 Å². The number of para-hydroxylation sites is 1. The number of hydrogen-bond donors (Lipinski definition) is 1. The molecule has 1 amide bonds. The number of fused-ring (bicyclic) bond motifs is 1. The maximum Gasteiger partial charge on any atom is 0.238 e. The van der Waals surface area contributed by atoms with E-state index in [-0.39, 0.29) is 11.9 Å². The zero-order chi connectivity index (χ0) is 17.1. The fourth-order valence-corrected chi connectivity index (χ4v) is 3.54. The van der Waals surface area contributed by atoms with E-state index in [1.165, 1.54) is 10.3 Å². The molecule has 3 rings (SSSR count). The molecule has 0 aliphatic carbocycles. The van der Waals surface area contributed by atoms with E-state index >= 15 is 0 Å². The molecule has 0 radical (unpaired) electrons. The largest absolute Gasteiger partial charge is 0.325 e. The van der Waals surface area contributed by atoms with Crippen LogP contribution in [0, 0.1) is 6.92 Å². The first-order chi connectivity index (χ1) is 11.5. The van der Waals surface area contributed by atoms with Gasteiger partial charge < -0.3 is 5.32 Å². The lowest BCUT2D eigenvalue weighted by molar-refractivity contribution is -0.117. The summed E-state index contributed by atoms with van der Waals surface area (Å²) in [4.78, 5) is 18.9. The monoisotopic (exact) mass is 339 g/mol. The lowest BCUT2D eigenvalue weighted by atomic mass is 10.2. The fourth-order valence-electron chi connectivity index (χ4n) is 2.46. The van der Waals surface area contributed by atoms with Gasteiger partial charge in [0.2, 0.25) is 5.91 Å². The molecule has 0 spiro atoms. The molecule has 24 heavy (non-hydrogen) atoms. The van der Waals surface area contributed by atoms with E-state index in [0.717, 1.165) is 16.2 Å². The number of rotatable bonds is 5. The highest BCUT2D eigenvalue weighted by atomic mass is 32.1. The normalized spacial score (nSPS) is 12.5. The molecular formula is C19H21N3OS. The molecule has 1 atom stereocenters. The zero-order valence-corrected chi connectivity index (χ0v) is 14.9. The van der Waals surface area contributed by atoms with Crippen molar-refractivity contribution in [1.82, 2.24) is 9.88 Å². The fraction of sp³-hybridized carbons (Fsp3) is 0.263. The molecule has 1 aromatic heterocycles. The third-order valence-corrected chi connectivity index (χ3v) is 5.26. The van der Waals surface area contributed by atoms with Gasteiger partial charge in [0.15, 0.2) is 0 Å². The summed E-state index contributed by atoms with van der Waals surface area (Å²) in [6, 6.07) is 16.0. The van der Waals surface area contributed by atoms with Crippen LogP contribution in [0.1, 0.15) is 23.5 Å². The Morgan fingerprint density at radius 1 is 1.21 bits per heavy atom. The number of amides is 1. The molecule has 1 N–H and O–H groups in total. The Morgan fingerprint density at radius 2 is 1.92 bits per heavy atom. The number of anilines is 1. The van der Waals surface area contributed by atoms with Crippen molar-refractivity contribution in [2.75, 3.05) is 18.9 Å². The Balaban J connectivity index is 1.63. The summed E-state index contributed by atoms with van der Waals surface area (Å²) in [5, 5.41) is 3.96. The molecule has 0 aliphatic heterocycles. The van der Waals surface area contributed by atoms with Crippen molar-refractivity contribution in [3.63, 3.8) is 0 Å². The SMILES string of the molecule is Cc1ccc(NC(=O)CN(C)[C@H](C)c2nc3ccccc3s2)cc1. The van der Waals surface area contributed by atoms with Crippen LogP contribution in [0.2, 0.25) is 0 Å². The number of nitrogens with zero attached hydrogens (tertiary/aromatic N) is 2. The van der Waals surface area contributed by atoms with E-state index in [1.54, 1.807) is 11.3 Å². The van der Waals surface area contributed by atoms with Crippen LogP contribution in [0.3, 0.4) is 0 Å². The molecule has 0 bridgehead atoms. The van der Waals surface area contributed by atoms with Crippen LogP contribution in [0.15, 0.2) is 48.5 Å². The predicted molar refractivity (Wildman–Crippen MR) is 100 cm³/mol. The minimum atomic E-state index is -0.0192. The van der Waals surface area contributed by atoms with E-state index in [2.05, 4.69) is 23.3 Å². The van der Waals surface area contributed by atoms with Gasteiger partial charge in [-0.15, -0.1) is 11.3 Å². The van der Waals surface area contributed by atoms with Gasteiger partial charge in [-0.25, -0.2) is 4.98 Å². The number of carbonyl (C=O) groups is 1. The second-order valence-corrected chi connectivity index (χ2v) is 7.09. The van der Waals surface area contributed by atoms with Gasteiger partial charge in [0.25, 0.3) is 0 Å². The molecule has 4 nitrogen and oxygen atoms in total. The molecule has 0 saturated heterocycles. The summed E-state index contributed by atoms with van der Waals surface area (Å²) in [6.07, 6.45) is 0. The van der Waals surface area contributed by atoms with Crippen LogP contribution in [0.25, 0.3) is 10.2 Å². The van der Waals surface area contributed by atoms with Crippen LogP contribution in [0.5, 0.6) is 0 Å². The van der Waals surface area contributed by atoms with Crippen LogP contribution in [-0.2, 0) is 4.79 Å². The summed E-state index contributed by atoms with van der Waals surface area (Å²) in [5.41, 5.74) is 3.02. The topological polar surface area (TPSA) is 45.2 Å². The summed E-state index contributed by atoms with van der Waals surface area (Å²) in [7, 11) is 1.95. The van der Waals surface area contributed by atoms with E-state index < -0.39 is 0 Å². The third-order valence-electron chi connectivity index (χ3n) is 4.06. The molecule has 0 fully saturated rings. The standard InChI is InChI=1S/C19H21N3OS/c1-13-8-10-15(11-9-13)20-18(23)12-22(3)14(2)19-21-16-6-4-5-7-17(16)24-19/h4-11,14H,12H2,1-3H3,(H,20,23)/t14-/m1/s1. The lowest BCUT2D eigenvalue weighted by Crippen LogP contribution is -2.32. The second kappa shape index (κ2) is 7.11. The molecule has 124 valence electrons. The number of carbonyl (C=O) groups excluding carboxylic acids is 1. The van der Waals surface area contributed by atoms with Crippen molar-refractivity contribution in [1.29, 1.82) is 0 Å². The van der Waals surface area contributed by atoms with E-state index in [1.807, 2.05) is 61.3 Å². The molecular weight excluding hydrogens is 318 g/mol.